The average molecular weight is 297 g/mol. The molecule has 0 atom stereocenters. The lowest BCUT2D eigenvalue weighted by Gasteiger charge is -2.24. The second-order valence-electron chi connectivity index (χ2n) is 5.41. The number of anilines is 1. The molecule has 2 rings (SSSR count). The van der Waals surface area contributed by atoms with E-state index in [1.54, 1.807) is 0 Å². The first kappa shape index (κ1) is 12.9. The van der Waals surface area contributed by atoms with Crippen molar-refractivity contribution >= 4 is 21.6 Å². The van der Waals surface area contributed by atoms with Crippen LogP contribution in [0.2, 0.25) is 0 Å². The summed E-state index contributed by atoms with van der Waals surface area (Å²) in [5.41, 5.74) is 8.08. The zero-order valence-electron chi connectivity index (χ0n) is 10.6. The van der Waals surface area contributed by atoms with Gasteiger partial charge in [-0.25, -0.2) is 0 Å². The Labute approximate surface area is 112 Å². The van der Waals surface area contributed by atoms with E-state index in [9.17, 15) is 0 Å². The predicted molar refractivity (Wildman–Crippen MR) is 76.8 cm³/mol. The number of hydrogen-bond acceptors (Lipinski definition) is 2. The molecule has 94 valence electrons. The third kappa shape index (κ3) is 3.71. The van der Waals surface area contributed by atoms with Crippen LogP contribution in [0, 0.1) is 5.92 Å². The SMILES string of the molecule is CC(C)CN(Cc1ccc(Br)c(N)c1)C1CC1. The molecule has 0 unspecified atom stereocenters. The molecule has 0 radical (unpaired) electrons. The van der Waals surface area contributed by atoms with Crippen LogP contribution in [-0.4, -0.2) is 17.5 Å². The first-order valence-corrected chi connectivity index (χ1v) is 7.13. The van der Waals surface area contributed by atoms with Gasteiger partial charge in [0.05, 0.1) is 0 Å². The van der Waals surface area contributed by atoms with Crippen LogP contribution >= 0.6 is 15.9 Å². The Balaban J connectivity index is 2.03. The van der Waals surface area contributed by atoms with Crippen LogP contribution < -0.4 is 5.73 Å². The van der Waals surface area contributed by atoms with Gasteiger partial charge in [0.15, 0.2) is 0 Å². The first-order valence-electron chi connectivity index (χ1n) is 6.34. The number of nitrogens with two attached hydrogens (primary N) is 1. The maximum Gasteiger partial charge on any atom is 0.0461 e. The van der Waals surface area contributed by atoms with Gasteiger partial charge < -0.3 is 5.73 Å². The predicted octanol–water partition coefficient (Wildman–Crippen LogP) is 3.65. The van der Waals surface area contributed by atoms with Gasteiger partial charge in [-0.2, -0.15) is 0 Å². The van der Waals surface area contributed by atoms with E-state index in [4.69, 9.17) is 5.73 Å². The highest BCUT2D eigenvalue weighted by molar-refractivity contribution is 9.10. The van der Waals surface area contributed by atoms with Gasteiger partial charge in [0.1, 0.15) is 0 Å². The van der Waals surface area contributed by atoms with Crippen LogP contribution in [0.15, 0.2) is 22.7 Å². The minimum Gasteiger partial charge on any atom is -0.398 e. The number of benzene rings is 1. The highest BCUT2D eigenvalue weighted by Gasteiger charge is 2.29. The van der Waals surface area contributed by atoms with Crippen molar-refractivity contribution in [2.45, 2.75) is 39.3 Å². The quantitative estimate of drug-likeness (QED) is 0.841. The Hall–Kier alpha value is -0.540. The van der Waals surface area contributed by atoms with Crippen molar-refractivity contribution in [1.82, 2.24) is 4.90 Å². The fourth-order valence-electron chi connectivity index (χ4n) is 2.18. The van der Waals surface area contributed by atoms with Gasteiger partial charge in [0.25, 0.3) is 0 Å². The summed E-state index contributed by atoms with van der Waals surface area (Å²) < 4.78 is 0.989. The summed E-state index contributed by atoms with van der Waals surface area (Å²) in [4.78, 5) is 2.59. The van der Waals surface area contributed by atoms with Crippen LogP contribution in [0.25, 0.3) is 0 Å². The third-order valence-corrected chi connectivity index (χ3v) is 3.83. The minimum absolute atomic E-state index is 0.725. The molecule has 1 aliphatic rings. The van der Waals surface area contributed by atoms with E-state index in [1.807, 2.05) is 6.07 Å². The summed E-state index contributed by atoms with van der Waals surface area (Å²) in [5, 5.41) is 0. The van der Waals surface area contributed by atoms with Crippen LogP contribution in [0.1, 0.15) is 32.3 Å². The van der Waals surface area contributed by atoms with Gasteiger partial charge >= 0.3 is 0 Å². The molecular formula is C14H21BrN2. The Morgan fingerprint density at radius 2 is 2.12 bits per heavy atom. The monoisotopic (exact) mass is 296 g/mol. The zero-order valence-corrected chi connectivity index (χ0v) is 12.2. The third-order valence-electron chi connectivity index (χ3n) is 3.11. The molecule has 0 aromatic heterocycles. The van der Waals surface area contributed by atoms with Gasteiger partial charge in [-0.05, 0) is 52.4 Å². The fourth-order valence-corrected chi connectivity index (χ4v) is 2.42. The van der Waals surface area contributed by atoms with E-state index in [-0.39, 0.29) is 0 Å². The van der Waals surface area contributed by atoms with Crippen LogP contribution in [-0.2, 0) is 6.54 Å². The maximum atomic E-state index is 5.92. The van der Waals surface area contributed by atoms with Gasteiger partial charge in [0, 0.05) is 29.3 Å². The summed E-state index contributed by atoms with van der Waals surface area (Å²) in [5.74, 6) is 0.725. The first-order chi connectivity index (χ1) is 8.06. The highest BCUT2D eigenvalue weighted by Crippen LogP contribution is 2.30. The number of halogens is 1. The normalized spacial score (nSPS) is 15.8. The standard InChI is InChI=1S/C14H21BrN2/c1-10(2)8-17(12-4-5-12)9-11-3-6-13(15)14(16)7-11/h3,6-7,10,12H,4-5,8-9,16H2,1-2H3. The lowest BCUT2D eigenvalue weighted by molar-refractivity contribution is 0.226. The molecule has 17 heavy (non-hydrogen) atoms. The smallest absolute Gasteiger partial charge is 0.0461 e. The van der Waals surface area contributed by atoms with Crippen molar-refractivity contribution in [1.29, 1.82) is 0 Å². The average Bonchev–Trinajstić information content (AvgIpc) is 3.05. The Kier molecular flexibility index (Phi) is 4.10. The van der Waals surface area contributed by atoms with E-state index >= 15 is 0 Å². The van der Waals surface area contributed by atoms with Crippen molar-refractivity contribution in [3.05, 3.63) is 28.2 Å². The van der Waals surface area contributed by atoms with E-state index in [0.29, 0.717) is 0 Å². The zero-order chi connectivity index (χ0) is 12.4. The molecule has 0 heterocycles. The Morgan fingerprint density at radius 3 is 2.65 bits per heavy atom. The van der Waals surface area contributed by atoms with Crippen LogP contribution in [0.3, 0.4) is 0 Å². The number of rotatable bonds is 5. The molecule has 3 heteroatoms. The van der Waals surface area contributed by atoms with Crippen molar-refractivity contribution in [2.24, 2.45) is 5.92 Å². The van der Waals surface area contributed by atoms with Gasteiger partial charge in [-0.3, -0.25) is 4.90 Å². The molecule has 0 spiro atoms. The van der Waals surface area contributed by atoms with Crippen LogP contribution in [0.4, 0.5) is 5.69 Å². The summed E-state index contributed by atoms with van der Waals surface area (Å²) in [6.45, 7) is 6.78. The molecule has 0 bridgehead atoms. The molecule has 0 amide bonds. The molecule has 2 N–H and O–H groups in total. The minimum atomic E-state index is 0.725. The van der Waals surface area contributed by atoms with Crippen molar-refractivity contribution in [3.63, 3.8) is 0 Å². The van der Waals surface area contributed by atoms with E-state index in [2.05, 4.69) is 46.8 Å². The molecule has 1 aliphatic carbocycles. The second kappa shape index (κ2) is 5.40. The molecular weight excluding hydrogens is 276 g/mol. The molecule has 0 aliphatic heterocycles. The maximum absolute atomic E-state index is 5.92. The topological polar surface area (TPSA) is 29.3 Å². The van der Waals surface area contributed by atoms with Gasteiger partial charge in [-0.15, -0.1) is 0 Å². The van der Waals surface area contributed by atoms with Crippen molar-refractivity contribution in [3.8, 4) is 0 Å². The van der Waals surface area contributed by atoms with E-state index in [1.165, 1.54) is 24.9 Å². The Morgan fingerprint density at radius 1 is 1.41 bits per heavy atom. The van der Waals surface area contributed by atoms with Crippen molar-refractivity contribution < 1.29 is 0 Å². The summed E-state index contributed by atoms with van der Waals surface area (Å²) in [6.07, 6.45) is 2.72. The second-order valence-corrected chi connectivity index (χ2v) is 6.26. The van der Waals surface area contributed by atoms with Gasteiger partial charge in [0.2, 0.25) is 0 Å². The molecule has 1 aromatic carbocycles. The molecule has 1 aromatic rings. The van der Waals surface area contributed by atoms with Gasteiger partial charge in [-0.1, -0.05) is 19.9 Å². The Bertz CT molecular complexity index is 386. The van der Waals surface area contributed by atoms with Crippen molar-refractivity contribution in [2.75, 3.05) is 12.3 Å². The van der Waals surface area contributed by atoms with E-state index < -0.39 is 0 Å². The number of nitrogen functional groups attached to an aromatic ring is 1. The summed E-state index contributed by atoms with van der Waals surface area (Å²) >= 11 is 3.44. The summed E-state index contributed by atoms with van der Waals surface area (Å²) in [7, 11) is 0. The molecule has 1 fully saturated rings. The lowest BCUT2D eigenvalue weighted by Crippen LogP contribution is -2.29. The van der Waals surface area contributed by atoms with E-state index in [0.717, 1.165) is 28.7 Å². The summed E-state index contributed by atoms with van der Waals surface area (Å²) in [6, 6.07) is 7.10. The molecule has 1 saturated carbocycles. The highest BCUT2D eigenvalue weighted by atomic mass is 79.9. The largest absolute Gasteiger partial charge is 0.398 e. The fraction of sp³-hybridized carbons (Fsp3) is 0.571. The number of nitrogens with zero attached hydrogens (tertiary/aromatic N) is 1. The number of hydrogen-bond donors (Lipinski definition) is 1. The molecule has 2 nitrogen and oxygen atoms in total. The van der Waals surface area contributed by atoms with Crippen LogP contribution in [0.5, 0.6) is 0 Å². The lowest BCUT2D eigenvalue weighted by atomic mass is 10.1. The molecule has 0 saturated heterocycles.